The van der Waals surface area contributed by atoms with Crippen LogP contribution in [0.1, 0.15) is 168 Å². The van der Waals surface area contributed by atoms with Crippen molar-refractivity contribution in [3.8, 4) is 0 Å². The minimum Gasteiger partial charge on any atom is -0.394 e. The van der Waals surface area contributed by atoms with Gasteiger partial charge in [0.2, 0.25) is 5.91 Å². The molecule has 0 saturated carbocycles. The Morgan fingerprint density at radius 2 is 0.932 bits per heavy atom. The van der Waals surface area contributed by atoms with Crippen molar-refractivity contribution in [2.75, 3.05) is 19.8 Å². The van der Waals surface area contributed by atoms with Gasteiger partial charge in [-0.05, 0) is 83.5 Å². The lowest BCUT2D eigenvalue weighted by molar-refractivity contribution is -0.359. The number of rotatable bonds is 42. The first-order valence-corrected chi connectivity index (χ1v) is 28.1. The number of nitrogens with one attached hydrogen (secondary N) is 1. The van der Waals surface area contributed by atoms with Crippen LogP contribution in [-0.2, 0) is 23.7 Å². The van der Waals surface area contributed by atoms with Gasteiger partial charge in [-0.2, -0.15) is 0 Å². The number of unbranched alkanes of at least 4 members (excludes halogenated alkanes) is 13. The Morgan fingerprint density at radius 3 is 1.43 bits per heavy atom. The summed E-state index contributed by atoms with van der Waals surface area (Å²) in [6, 6.07) is -0.928. The summed E-state index contributed by atoms with van der Waals surface area (Å²) in [5, 5.41) is 86.7. The van der Waals surface area contributed by atoms with Crippen LogP contribution in [-0.4, -0.2) is 140 Å². The summed E-state index contributed by atoms with van der Waals surface area (Å²) < 4.78 is 22.7. The van der Waals surface area contributed by atoms with Gasteiger partial charge < -0.3 is 65.1 Å². The quantitative estimate of drug-likeness (QED) is 0.0206. The SMILES string of the molecule is CC/C=C\C/C=C\C/C=C\C/C=C\C/C=C\C/C=C\C/C=C\C/C=C\CCCCCCCCC(=O)NC(COC1OC(CO)C(OC2OC(CO)C(O)C(O)C2O)C(O)C1O)C(O)/C=C/CCCCCCCCC. The Hall–Kier alpha value is -3.35. The summed E-state index contributed by atoms with van der Waals surface area (Å²) in [5.74, 6) is -0.263. The van der Waals surface area contributed by atoms with Crippen LogP contribution in [0.4, 0.5) is 0 Å². The van der Waals surface area contributed by atoms with Gasteiger partial charge in [0.05, 0.1) is 32.0 Å². The minimum atomic E-state index is -1.79. The summed E-state index contributed by atoms with van der Waals surface area (Å²) in [6.07, 6.45) is 45.7. The van der Waals surface area contributed by atoms with E-state index in [1.807, 2.05) is 6.08 Å². The summed E-state index contributed by atoms with van der Waals surface area (Å²) in [6.45, 7) is 2.60. The number of carbonyl (C=O) groups excluding carboxylic acids is 1. The van der Waals surface area contributed by atoms with Crippen molar-refractivity contribution in [3.63, 3.8) is 0 Å². The molecule has 74 heavy (non-hydrogen) atoms. The van der Waals surface area contributed by atoms with Gasteiger partial charge in [0.25, 0.3) is 0 Å². The highest BCUT2D eigenvalue weighted by atomic mass is 16.7. The molecule has 2 fully saturated rings. The Morgan fingerprint density at radius 1 is 0.500 bits per heavy atom. The number of amides is 1. The summed E-state index contributed by atoms with van der Waals surface area (Å²) in [4.78, 5) is 13.2. The first-order chi connectivity index (χ1) is 36.1. The van der Waals surface area contributed by atoms with Crippen LogP contribution >= 0.6 is 0 Å². The molecular weight excluding hydrogens is 943 g/mol. The van der Waals surface area contributed by atoms with Gasteiger partial charge in [-0.25, -0.2) is 0 Å². The van der Waals surface area contributed by atoms with Crippen LogP contribution in [0.2, 0.25) is 0 Å². The van der Waals surface area contributed by atoms with Crippen LogP contribution in [0.15, 0.2) is 109 Å². The van der Waals surface area contributed by atoms with Crippen molar-refractivity contribution in [2.24, 2.45) is 0 Å². The molecule has 12 atom stereocenters. The Kier molecular flexibility index (Phi) is 40.4. The highest BCUT2D eigenvalue weighted by molar-refractivity contribution is 5.76. The molecule has 14 nitrogen and oxygen atoms in total. The first kappa shape index (κ1) is 66.8. The number of aliphatic hydroxyl groups is 8. The second-order valence-electron chi connectivity index (χ2n) is 19.3. The maximum Gasteiger partial charge on any atom is 0.220 e. The van der Waals surface area contributed by atoms with E-state index in [4.69, 9.17) is 18.9 Å². The zero-order chi connectivity index (χ0) is 53.9. The van der Waals surface area contributed by atoms with E-state index >= 15 is 0 Å². The van der Waals surface area contributed by atoms with E-state index < -0.39 is 86.8 Å². The normalized spacial score (nSPS) is 26.1. The average Bonchev–Trinajstić information content (AvgIpc) is 3.40. The molecule has 0 bridgehead atoms. The molecule has 0 aromatic rings. The summed E-state index contributed by atoms with van der Waals surface area (Å²) in [5.41, 5.74) is 0. The van der Waals surface area contributed by atoms with Gasteiger partial charge in [-0.15, -0.1) is 0 Å². The van der Waals surface area contributed by atoms with Gasteiger partial charge in [0.15, 0.2) is 12.6 Å². The third-order valence-electron chi connectivity index (χ3n) is 13.0. The summed E-state index contributed by atoms with van der Waals surface area (Å²) in [7, 11) is 0. The van der Waals surface area contributed by atoms with Gasteiger partial charge in [-0.1, -0.05) is 187 Å². The van der Waals surface area contributed by atoms with Crippen LogP contribution < -0.4 is 5.32 Å². The van der Waals surface area contributed by atoms with E-state index in [1.165, 1.54) is 25.7 Å². The Balaban J connectivity index is 1.70. The average molecular weight is 1040 g/mol. The predicted molar refractivity (Wildman–Crippen MR) is 295 cm³/mol. The number of allylic oxidation sites excluding steroid dienone is 17. The van der Waals surface area contributed by atoms with Crippen LogP contribution in [0.25, 0.3) is 0 Å². The van der Waals surface area contributed by atoms with E-state index in [1.54, 1.807) is 6.08 Å². The maximum absolute atomic E-state index is 13.2. The number of ether oxygens (including phenoxy) is 4. The molecular formula is C60H99NO13. The maximum atomic E-state index is 13.2. The molecule has 0 radical (unpaired) electrons. The van der Waals surface area contributed by atoms with Crippen molar-refractivity contribution in [1.82, 2.24) is 5.32 Å². The highest BCUT2D eigenvalue weighted by Gasteiger charge is 2.51. The van der Waals surface area contributed by atoms with Crippen molar-refractivity contribution in [3.05, 3.63) is 109 Å². The first-order valence-electron chi connectivity index (χ1n) is 28.1. The molecule has 2 aliphatic rings. The van der Waals surface area contributed by atoms with E-state index in [2.05, 4.69) is 116 Å². The number of hydrogen-bond acceptors (Lipinski definition) is 13. The fourth-order valence-corrected chi connectivity index (χ4v) is 8.42. The topological polar surface area (TPSA) is 228 Å². The molecule has 0 aromatic carbocycles. The Bertz CT molecular complexity index is 1650. The minimum absolute atomic E-state index is 0.256. The third kappa shape index (κ3) is 30.4. The predicted octanol–water partition coefficient (Wildman–Crippen LogP) is 8.88. The fourth-order valence-electron chi connectivity index (χ4n) is 8.42. The van der Waals surface area contributed by atoms with Crippen LogP contribution in [0.5, 0.6) is 0 Å². The molecule has 2 heterocycles. The molecule has 0 spiro atoms. The zero-order valence-electron chi connectivity index (χ0n) is 45.0. The van der Waals surface area contributed by atoms with E-state index in [0.717, 1.165) is 116 Å². The van der Waals surface area contributed by atoms with Gasteiger partial charge >= 0.3 is 0 Å². The second kappa shape index (κ2) is 44.7. The smallest absolute Gasteiger partial charge is 0.220 e. The standard InChI is InChI=1S/C60H99NO13/c1-3-5-7-9-11-13-14-15-16-17-18-19-20-21-22-23-24-25-26-27-28-29-30-31-32-33-34-36-38-40-42-44-52(65)61-48(49(64)43-41-39-37-35-12-10-8-6-4-2)47-71-59-57(70)55(68)58(51(46-63)73-59)74-60-56(69)54(67)53(66)50(45-62)72-60/h5,7,11,13,15-16,18-19,21-22,24-25,27-28,30-31,41,43,48-51,53-60,62-64,66-70H,3-4,6,8-10,12,14,17,20,23,26,29,32-40,42,44-47H2,1-2H3,(H,61,65)/b7-5-,13-11-,16-15-,19-18-,22-21-,25-24-,28-27-,31-30-,43-41+. The van der Waals surface area contributed by atoms with Gasteiger partial charge in [0.1, 0.15) is 48.8 Å². The van der Waals surface area contributed by atoms with E-state index in [-0.39, 0.29) is 18.9 Å². The monoisotopic (exact) mass is 1040 g/mol. The van der Waals surface area contributed by atoms with Crippen LogP contribution in [0, 0.1) is 0 Å². The van der Waals surface area contributed by atoms with Gasteiger partial charge in [0, 0.05) is 6.42 Å². The molecule has 2 saturated heterocycles. The molecule has 14 heteroatoms. The van der Waals surface area contributed by atoms with Crippen molar-refractivity contribution >= 4 is 5.91 Å². The van der Waals surface area contributed by atoms with Crippen molar-refractivity contribution in [2.45, 2.75) is 242 Å². The third-order valence-corrected chi connectivity index (χ3v) is 13.0. The molecule has 2 aliphatic heterocycles. The lowest BCUT2D eigenvalue weighted by Crippen LogP contribution is -2.65. The second-order valence-corrected chi connectivity index (χ2v) is 19.3. The van der Waals surface area contributed by atoms with E-state index in [9.17, 15) is 45.6 Å². The molecule has 0 aliphatic carbocycles. The zero-order valence-corrected chi connectivity index (χ0v) is 45.0. The molecule has 12 unspecified atom stereocenters. The number of carbonyl (C=O) groups is 1. The largest absolute Gasteiger partial charge is 0.394 e. The fraction of sp³-hybridized carbons (Fsp3) is 0.683. The number of hydrogen-bond donors (Lipinski definition) is 9. The Labute approximate surface area is 445 Å². The molecule has 422 valence electrons. The van der Waals surface area contributed by atoms with Crippen LogP contribution in [0.3, 0.4) is 0 Å². The van der Waals surface area contributed by atoms with Crippen molar-refractivity contribution < 1.29 is 64.6 Å². The molecule has 1 amide bonds. The lowest BCUT2D eigenvalue weighted by Gasteiger charge is -2.46. The van der Waals surface area contributed by atoms with E-state index in [0.29, 0.717) is 6.42 Å². The highest BCUT2D eigenvalue weighted by Crippen LogP contribution is 2.30. The lowest BCUT2D eigenvalue weighted by atomic mass is 9.97. The molecule has 0 aromatic heterocycles. The molecule has 9 N–H and O–H groups in total. The van der Waals surface area contributed by atoms with Crippen molar-refractivity contribution in [1.29, 1.82) is 0 Å². The molecule has 2 rings (SSSR count). The van der Waals surface area contributed by atoms with Gasteiger partial charge in [-0.3, -0.25) is 4.79 Å². The summed E-state index contributed by atoms with van der Waals surface area (Å²) >= 11 is 0. The number of aliphatic hydroxyl groups excluding tert-OH is 8.